The van der Waals surface area contributed by atoms with Gasteiger partial charge in [-0.3, -0.25) is 4.90 Å². The smallest absolute Gasteiger partial charge is 0.201 e. The fourth-order valence-corrected chi connectivity index (χ4v) is 4.62. The monoisotopic (exact) mass is 558 g/mol. The highest BCUT2D eigenvalue weighted by Crippen LogP contribution is 2.42. The van der Waals surface area contributed by atoms with E-state index in [1.54, 1.807) is 0 Å². The van der Waals surface area contributed by atoms with Crippen molar-refractivity contribution < 1.29 is 4.74 Å². The molecule has 1 aromatic carbocycles. The molecule has 3 rings (SSSR count). The lowest BCUT2D eigenvalue weighted by atomic mass is 10.3. The predicted molar refractivity (Wildman–Crippen MR) is 103 cm³/mol. The number of benzene rings is 1. The van der Waals surface area contributed by atoms with Crippen LogP contribution in [-0.4, -0.2) is 54.3 Å². The molecule has 1 aliphatic rings. The zero-order valence-electron chi connectivity index (χ0n) is 11.6. The van der Waals surface area contributed by atoms with Crippen LogP contribution >= 0.6 is 63.7 Å². The molecule has 120 valence electrons. The number of rotatable bonds is 4. The number of morpholine rings is 1. The van der Waals surface area contributed by atoms with Gasteiger partial charge in [0.2, 0.25) is 5.95 Å². The molecule has 0 saturated carbocycles. The molecule has 0 amide bonds. The Balaban J connectivity index is 1.72. The number of halogens is 4. The van der Waals surface area contributed by atoms with Crippen LogP contribution in [-0.2, 0) is 4.74 Å². The van der Waals surface area contributed by atoms with Crippen molar-refractivity contribution in [2.45, 2.75) is 0 Å². The van der Waals surface area contributed by atoms with Crippen LogP contribution in [0.15, 0.2) is 17.9 Å². The first-order valence-electron chi connectivity index (χ1n) is 6.83. The maximum atomic E-state index is 5.35. The van der Waals surface area contributed by atoms with Gasteiger partial charge in [0.05, 0.1) is 27.7 Å². The molecule has 1 fully saturated rings. The number of hydrogen-bond acceptors (Lipinski definition) is 4. The summed E-state index contributed by atoms with van der Waals surface area (Å²) in [5.41, 5.74) is 1.84. The maximum absolute atomic E-state index is 5.35. The number of nitrogens with one attached hydrogen (secondary N) is 2. The van der Waals surface area contributed by atoms with Gasteiger partial charge in [0.25, 0.3) is 0 Å². The Kier molecular flexibility index (Phi) is 5.84. The van der Waals surface area contributed by atoms with Gasteiger partial charge in [0.1, 0.15) is 5.52 Å². The molecule has 2 heterocycles. The van der Waals surface area contributed by atoms with Gasteiger partial charge in [-0.15, -0.1) is 0 Å². The highest BCUT2D eigenvalue weighted by atomic mass is 79.9. The Morgan fingerprint density at radius 2 is 1.73 bits per heavy atom. The zero-order chi connectivity index (χ0) is 15.7. The molecule has 0 bridgehead atoms. The topological polar surface area (TPSA) is 53.2 Å². The molecule has 1 saturated heterocycles. The van der Waals surface area contributed by atoms with Crippen molar-refractivity contribution in [3.8, 4) is 0 Å². The van der Waals surface area contributed by atoms with Crippen LogP contribution in [0.1, 0.15) is 0 Å². The van der Waals surface area contributed by atoms with Crippen molar-refractivity contribution in [1.82, 2.24) is 14.9 Å². The van der Waals surface area contributed by atoms with Crippen LogP contribution in [0, 0.1) is 0 Å². The molecule has 1 aliphatic heterocycles. The van der Waals surface area contributed by atoms with Crippen LogP contribution in [0.5, 0.6) is 0 Å². The minimum Gasteiger partial charge on any atom is -0.379 e. The number of aromatic nitrogens is 2. The van der Waals surface area contributed by atoms with E-state index in [1.807, 2.05) is 0 Å². The van der Waals surface area contributed by atoms with Gasteiger partial charge in [-0.05, 0) is 63.7 Å². The van der Waals surface area contributed by atoms with Gasteiger partial charge in [0.15, 0.2) is 0 Å². The molecular weight excluding hydrogens is 548 g/mol. The fourth-order valence-electron chi connectivity index (χ4n) is 2.34. The van der Waals surface area contributed by atoms with E-state index in [-0.39, 0.29) is 0 Å². The summed E-state index contributed by atoms with van der Waals surface area (Å²) in [5.74, 6) is 0.773. The second kappa shape index (κ2) is 7.48. The quantitative estimate of drug-likeness (QED) is 0.430. The largest absolute Gasteiger partial charge is 0.379 e. The predicted octanol–water partition coefficient (Wildman–Crippen LogP) is 4.36. The summed E-state index contributed by atoms with van der Waals surface area (Å²) in [6, 6.07) is 0. The summed E-state index contributed by atoms with van der Waals surface area (Å²) in [7, 11) is 0. The standard InChI is InChI=1S/C13H14Br4N4O/c14-7-8(15)10(17)12-11(9(7)16)19-13(20-12)18-1-2-21-3-5-22-6-4-21/h1-6H2,(H2,18,19,20). The number of fused-ring (bicyclic) bond motifs is 1. The van der Waals surface area contributed by atoms with E-state index in [0.29, 0.717) is 0 Å². The second-order valence-corrected chi connectivity index (χ2v) is 8.12. The third kappa shape index (κ3) is 3.54. The third-order valence-electron chi connectivity index (χ3n) is 3.53. The number of imidazole rings is 1. The van der Waals surface area contributed by atoms with Crippen LogP contribution in [0.4, 0.5) is 5.95 Å². The highest BCUT2D eigenvalue weighted by molar-refractivity contribution is 9.15. The molecule has 9 heteroatoms. The van der Waals surface area contributed by atoms with Gasteiger partial charge in [-0.1, -0.05) is 0 Å². The fraction of sp³-hybridized carbons (Fsp3) is 0.462. The third-order valence-corrected chi connectivity index (χ3v) is 8.28. The van der Waals surface area contributed by atoms with Crippen molar-refractivity contribution in [2.75, 3.05) is 44.7 Å². The van der Waals surface area contributed by atoms with Crippen LogP contribution < -0.4 is 5.32 Å². The van der Waals surface area contributed by atoms with E-state index < -0.39 is 0 Å². The Morgan fingerprint density at radius 1 is 1.05 bits per heavy atom. The van der Waals surface area contributed by atoms with Crippen molar-refractivity contribution in [3.63, 3.8) is 0 Å². The molecule has 0 aliphatic carbocycles. The van der Waals surface area contributed by atoms with Gasteiger partial charge in [-0.25, -0.2) is 4.98 Å². The lowest BCUT2D eigenvalue weighted by Crippen LogP contribution is -2.39. The zero-order valence-corrected chi connectivity index (χ0v) is 17.9. The normalized spacial score (nSPS) is 16.4. The molecular formula is C13H14Br4N4O. The highest BCUT2D eigenvalue weighted by Gasteiger charge is 2.17. The van der Waals surface area contributed by atoms with Crippen LogP contribution in [0.25, 0.3) is 11.0 Å². The Labute approximate surface area is 162 Å². The van der Waals surface area contributed by atoms with E-state index in [9.17, 15) is 0 Å². The van der Waals surface area contributed by atoms with Crippen molar-refractivity contribution >= 4 is 80.7 Å². The van der Waals surface area contributed by atoms with E-state index >= 15 is 0 Å². The van der Waals surface area contributed by atoms with Crippen LogP contribution in [0.3, 0.4) is 0 Å². The molecule has 5 nitrogen and oxygen atoms in total. The van der Waals surface area contributed by atoms with E-state index in [0.717, 1.165) is 74.3 Å². The van der Waals surface area contributed by atoms with E-state index in [4.69, 9.17) is 4.74 Å². The first kappa shape index (κ1) is 17.2. The Bertz CT molecular complexity index is 639. The first-order valence-corrected chi connectivity index (χ1v) is 10.0. The van der Waals surface area contributed by atoms with Crippen LogP contribution in [0.2, 0.25) is 0 Å². The summed E-state index contributed by atoms with van der Waals surface area (Å²) in [4.78, 5) is 10.3. The van der Waals surface area contributed by atoms with E-state index in [1.165, 1.54) is 0 Å². The van der Waals surface area contributed by atoms with Gasteiger partial charge in [0, 0.05) is 35.1 Å². The molecule has 22 heavy (non-hydrogen) atoms. The van der Waals surface area contributed by atoms with Crippen molar-refractivity contribution in [3.05, 3.63) is 17.9 Å². The average Bonchev–Trinajstić information content (AvgIpc) is 2.96. The summed E-state index contributed by atoms with van der Waals surface area (Å²) in [6.45, 7) is 5.48. The summed E-state index contributed by atoms with van der Waals surface area (Å²) >= 11 is 14.3. The summed E-state index contributed by atoms with van der Waals surface area (Å²) < 4.78 is 9.13. The molecule has 0 unspecified atom stereocenters. The lowest BCUT2D eigenvalue weighted by Gasteiger charge is -2.26. The number of aromatic amines is 1. The molecule has 1 aromatic heterocycles. The minimum atomic E-state index is 0.773. The molecule has 0 atom stereocenters. The average molecular weight is 562 g/mol. The summed E-state index contributed by atoms with van der Waals surface area (Å²) in [5, 5.41) is 3.35. The number of hydrogen-bond donors (Lipinski definition) is 2. The van der Waals surface area contributed by atoms with Gasteiger partial charge < -0.3 is 15.0 Å². The van der Waals surface area contributed by atoms with Crippen molar-refractivity contribution in [2.24, 2.45) is 0 Å². The Hall–Kier alpha value is 0.330. The number of nitrogens with zero attached hydrogens (tertiary/aromatic N) is 2. The second-order valence-electron chi connectivity index (χ2n) is 4.95. The summed E-state index contributed by atoms with van der Waals surface area (Å²) in [6.07, 6.45) is 0. The van der Waals surface area contributed by atoms with Gasteiger partial charge >= 0.3 is 0 Å². The molecule has 0 spiro atoms. The van der Waals surface area contributed by atoms with Gasteiger partial charge in [-0.2, -0.15) is 0 Å². The molecule has 0 radical (unpaired) electrons. The lowest BCUT2D eigenvalue weighted by molar-refractivity contribution is 0.0398. The SMILES string of the molecule is Brc1c(Br)c(Br)c2[nH]c(NCCN3CCOCC3)nc2c1Br. The molecule has 2 aromatic rings. The number of H-pyrrole nitrogens is 1. The van der Waals surface area contributed by atoms with E-state index in [2.05, 4.69) is 83.9 Å². The molecule has 2 N–H and O–H groups in total. The van der Waals surface area contributed by atoms with Crippen molar-refractivity contribution in [1.29, 1.82) is 0 Å². The first-order chi connectivity index (χ1) is 10.6. The number of anilines is 1. The minimum absolute atomic E-state index is 0.773. The number of ether oxygens (including phenoxy) is 1. The Morgan fingerprint density at radius 3 is 2.45 bits per heavy atom. The maximum Gasteiger partial charge on any atom is 0.201 e.